The number of aliphatic hydroxyl groups excluding tert-OH is 1. The lowest BCUT2D eigenvalue weighted by Gasteiger charge is -2.29. The van der Waals surface area contributed by atoms with E-state index < -0.39 is 20.0 Å². The molecule has 0 radical (unpaired) electrons. The lowest BCUT2D eigenvalue weighted by molar-refractivity contribution is -0.870. The number of rotatable bonds is 57. The molecule has 0 fully saturated rings. The molecule has 0 aromatic rings. The minimum absolute atomic E-state index is 0.00235. The number of carbonyl (C=O) groups is 1. The van der Waals surface area contributed by atoms with Gasteiger partial charge in [0.15, 0.2) is 0 Å². The van der Waals surface area contributed by atoms with Crippen LogP contribution in [0.5, 0.6) is 0 Å². The zero-order valence-electron chi connectivity index (χ0n) is 47.0. The minimum Gasteiger partial charge on any atom is -0.756 e. The highest BCUT2D eigenvalue weighted by molar-refractivity contribution is 7.45. The van der Waals surface area contributed by atoms with Gasteiger partial charge in [-0.25, -0.2) is 0 Å². The van der Waals surface area contributed by atoms with Crippen LogP contribution < -0.4 is 10.2 Å². The van der Waals surface area contributed by atoms with Gasteiger partial charge in [-0.1, -0.05) is 302 Å². The van der Waals surface area contributed by atoms with Gasteiger partial charge >= 0.3 is 0 Å². The number of unbranched alkanes of at least 4 members (excludes halogenated alkanes) is 44. The second-order valence-corrected chi connectivity index (χ2v) is 23.8. The number of nitrogens with zero attached hydrogens (tertiary/aromatic N) is 1. The van der Waals surface area contributed by atoms with Crippen LogP contribution in [0, 0.1) is 0 Å². The lowest BCUT2D eigenvalue weighted by atomic mass is 10.0. The van der Waals surface area contributed by atoms with Crippen molar-refractivity contribution in [1.29, 1.82) is 0 Å². The van der Waals surface area contributed by atoms with Crippen LogP contribution >= 0.6 is 7.82 Å². The number of aliphatic hydroxyl groups is 1. The number of nitrogens with one attached hydrogen (secondary N) is 1. The van der Waals surface area contributed by atoms with Crippen molar-refractivity contribution in [2.24, 2.45) is 0 Å². The average Bonchev–Trinajstić information content (AvgIpc) is 3.31. The second-order valence-electron chi connectivity index (χ2n) is 22.4. The molecule has 0 saturated carbocycles. The van der Waals surface area contributed by atoms with E-state index in [0.29, 0.717) is 17.4 Å². The van der Waals surface area contributed by atoms with E-state index in [-0.39, 0.29) is 19.1 Å². The topological polar surface area (TPSA) is 108 Å². The fourth-order valence-electron chi connectivity index (χ4n) is 9.45. The van der Waals surface area contributed by atoms with Crippen molar-refractivity contribution in [3.8, 4) is 0 Å². The maximum Gasteiger partial charge on any atom is 0.268 e. The summed E-state index contributed by atoms with van der Waals surface area (Å²) in [6.45, 7) is 4.68. The van der Waals surface area contributed by atoms with E-state index in [1.807, 2.05) is 27.2 Å². The molecule has 0 bridgehead atoms. The van der Waals surface area contributed by atoms with E-state index >= 15 is 0 Å². The third-order valence-corrected chi connectivity index (χ3v) is 15.2. The van der Waals surface area contributed by atoms with Crippen LogP contribution in [0.4, 0.5) is 0 Å². The Morgan fingerprint density at radius 2 is 0.783 bits per heavy atom. The van der Waals surface area contributed by atoms with E-state index in [9.17, 15) is 19.4 Å². The highest BCUT2D eigenvalue weighted by Crippen LogP contribution is 2.38. The third-order valence-electron chi connectivity index (χ3n) is 14.2. The average molecular weight is 998 g/mol. The predicted molar refractivity (Wildman–Crippen MR) is 298 cm³/mol. The summed E-state index contributed by atoms with van der Waals surface area (Å²) in [6, 6.07) is -0.881. The molecular formula is C60H121N2O6P. The number of hydrogen-bond acceptors (Lipinski definition) is 6. The monoisotopic (exact) mass is 997 g/mol. The van der Waals surface area contributed by atoms with Gasteiger partial charge in [-0.3, -0.25) is 9.36 Å². The first-order valence-corrected chi connectivity index (χ1v) is 32.0. The zero-order valence-corrected chi connectivity index (χ0v) is 47.9. The molecule has 0 aliphatic rings. The number of quaternary nitrogens is 1. The summed E-state index contributed by atoms with van der Waals surface area (Å²) in [5.74, 6) is -0.191. The molecule has 9 heteroatoms. The largest absolute Gasteiger partial charge is 0.756 e. The SMILES string of the molecule is CCCCCCCCCCCC/C=C/[C@@H](O)[C@H](COP(=O)([O-])OCC[N+](C)(C)C)NC(=O)CCCCCCCCCCCCCCCCCCCCCCCCCCCCCCCCCCCCC. The second kappa shape index (κ2) is 52.1. The number of likely N-dealkylation sites (N-methyl/N-ethyl adjacent to an activating group) is 1. The molecule has 1 amide bonds. The van der Waals surface area contributed by atoms with E-state index in [1.165, 1.54) is 257 Å². The van der Waals surface area contributed by atoms with Gasteiger partial charge in [-0.15, -0.1) is 0 Å². The summed E-state index contributed by atoms with van der Waals surface area (Å²) in [5, 5.41) is 13.8. The van der Waals surface area contributed by atoms with Gasteiger partial charge in [-0.2, -0.15) is 0 Å². The Morgan fingerprint density at radius 1 is 0.493 bits per heavy atom. The zero-order chi connectivity index (χ0) is 50.6. The molecule has 0 aliphatic heterocycles. The van der Waals surface area contributed by atoms with Gasteiger partial charge in [0.2, 0.25) is 5.91 Å². The van der Waals surface area contributed by atoms with Crippen LogP contribution in [-0.2, 0) is 18.4 Å². The number of hydrogen-bond donors (Lipinski definition) is 2. The summed E-state index contributed by atoms with van der Waals surface area (Å²) in [4.78, 5) is 25.4. The Balaban J connectivity index is 3.88. The lowest BCUT2D eigenvalue weighted by Crippen LogP contribution is -2.45. The van der Waals surface area contributed by atoms with Gasteiger partial charge in [0.05, 0.1) is 39.9 Å². The number of phosphoric acid groups is 1. The summed E-state index contributed by atoms with van der Waals surface area (Å²) in [7, 11) is 1.28. The van der Waals surface area contributed by atoms with Crippen LogP contribution in [0.2, 0.25) is 0 Å². The van der Waals surface area contributed by atoms with E-state index in [1.54, 1.807) is 6.08 Å². The van der Waals surface area contributed by atoms with Crippen molar-refractivity contribution in [2.75, 3.05) is 40.9 Å². The van der Waals surface area contributed by atoms with Crippen molar-refractivity contribution in [2.45, 2.75) is 328 Å². The van der Waals surface area contributed by atoms with Crippen LogP contribution in [0.25, 0.3) is 0 Å². The van der Waals surface area contributed by atoms with Crippen molar-refractivity contribution >= 4 is 13.7 Å². The standard InChI is InChI=1S/C60H121N2O6P/c1-6-8-10-12-14-16-18-20-21-22-23-24-25-26-27-28-29-30-31-32-33-34-35-36-37-38-39-40-41-42-44-46-48-50-52-54-60(64)61-58(57-68-69(65,66)67-56-55-62(3,4)5)59(63)53-51-49-47-45-43-19-17-15-13-11-9-7-2/h51,53,58-59,63H,6-50,52,54-57H2,1-5H3,(H-,61,64,65,66)/b53-51+/t58-,59+/m0/s1. The Hall–Kier alpha value is -0.760. The van der Waals surface area contributed by atoms with Crippen LogP contribution in [-0.4, -0.2) is 68.5 Å². The first kappa shape index (κ1) is 68.2. The summed E-state index contributed by atoms with van der Waals surface area (Å²) in [6.07, 6.45) is 64.7. The molecular weight excluding hydrogens is 876 g/mol. The van der Waals surface area contributed by atoms with Gasteiger partial charge in [0.1, 0.15) is 13.2 Å². The Morgan fingerprint density at radius 3 is 1.09 bits per heavy atom. The van der Waals surface area contributed by atoms with Crippen molar-refractivity contribution in [3.63, 3.8) is 0 Å². The quantitative estimate of drug-likeness (QED) is 0.0272. The van der Waals surface area contributed by atoms with Gasteiger partial charge in [-0.05, 0) is 19.3 Å². The maximum absolute atomic E-state index is 12.9. The van der Waals surface area contributed by atoms with Gasteiger partial charge in [0.25, 0.3) is 7.82 Å². The fourth-order valence-corrected chi connectivity index (χ4v) is 10.2. The normalized spacial score (nSPS) is 13.9. The molecule has 2 N–H and O–H groups in total. The fraction of sp³-hybridized carbons (Fsp3) is 0.950. The van der Waals surface area contributed by atoms with Crippen molar-refractivity contribution < 1.29 is 32.9 Å². The highest BCUT2D eigenvalue weighted by atomic mass is 31.2. The third kappa shape index (κ3) is 54.8. The molecule has 0 spiro atoms. The Bertz CT molecular complexity index is 1130. The molecule has 3 atom stereocenters. The summed E-state index contributed by atoms with van der Waals surface area (Å²) in [5.41, 5.74) is 0. The maximum atomic E-state index is 12.9. The summed E-state index contributed by atoms with van der Waals surface area (Å²) < 4.78 is 23.3. The van der Waals surface area contributed by atoms with E-state index in [0.717, 1.165) is 38.5 Å². The molecule has 0 aromatic carbocycles. The van der Waals surface area contributed by atoms with Crippen LogP contribution in [0.15, 0.2) is 12.2 Å². The van der Waals surface area contributed by atoms with Crippen LogP contribution in [0.3, 0.4) is 0 Å². The molecule has 1 unspecified atom stereocenters. The molecule has 412 valence electrons. The van der Waals surface area contributed by atoms with E-state index in [2.05, 4.69) is 19.2 Å². The minimum atomic E-state index is -4.59. The summed E-state index contributed by atoms with van der Waals surface area (Å²) >= 11 is 0. The van der Waals surface area contributed by atoms with E-state index in [4.69, 9.17) is 9.05 Å². The van der Waals surface area contributed by atoms with Crippen molar-refractivity contribution in [1.82, 2.24) is 5.32 Å². The number of phosphoric ester groups is 1. The molecule has 8 nitrogen and oxygen atoms in total. The smallest absolute Gasteiger partial charge is 0.268 e. The van der Waals surface area contributed by atoms with Gasteiger partial charge in [0, 0.05) is 6.42 Å². The van der Waals surface area contributed by atoms with Crippen molar-refractivity contribution in [3.05, 3.63) is 12.2 Å². The Labute approximate surface area is 431 Å². The number of amides is 1. The number of allylic oxidation sites excluding steroid dienone is 1. The molecule has 0 rings (SSSR count). The first-order chi connectivity index (χ1) is 33.5. The Kier molecular flexibility index (Phi) is 51.5. The molecule has 0 aromatic heterocycles. The first-order valence-electron chi connectivity index (χ1n) is 30.6. The number of carbonyl (C=O) groups excluding carboxylic acids is 1. The van der Waals surface area contributed by atoms with Gasteiger partial charge < -0.3 is 28.8 Å². The molecule has 69 heavy (non-hydrogen) atoms. The highest BCUT2D eigenvalue weighted by Gasteiger charge is 2.23. The van der Waals surface area contributed by atoms with Crippen LogP contribution in [0.1, 0.15) is 316 Å². The molecule has 0 saturated heterocycles. The molecule has 0 heterocycles. The predicted octanol–water partition coefficient (Wildman–Crippen LogP) is 18.0. The molecule has 0 aliphatic carbocycles.